The standard InChI is InChI=1S/C22H40ClN3O5Si2/c1-13(2)32(14(3)4)28-12-17-19(30-33(31-32,15(5)6)16(7)8)22(9,23)20(29-17)26-11-10-18(24)25-21(26)27/h10-11,13-17,19-20H,12H2,1-9H3,(H2,24,25,27)/t17-,19-,20?,22-/m1/s1. The predicted octanol–water partition coefficient (Wildman–Crippen LogP) is 4.68. The molecule has 0 radical (unpaired) electrons. The lowest BCUT2D eigenvalue weighted by Crippen LogP contribution is -2.66. The fourth-order valence-corrected chi connectivity index (χ4v) is 17.0. The number of halogens is 1. The smallest absolute Gasteiger partial charge is 0.351 e. The number of nitrogens with two attached hydrogens (primary N) is 1. The maximum Gasteiger partial charge on any atom is 0.351 e. The molecule has 8 nitrogen and oxygen atoms in total. The number of hydrogen-bond donors (Lipinski definition) is 1. The predicted molar refractivity (Wildman–Crippen MR) is 135 cm³/mol. The third-order valence-corrected chi connectivity index (χ3v) is 17.7. The number of nitrogen functional groups attached to an aromatic ring is 1. The average Bonchev–Trinajstić information content (AvgIpc) is 2.90. The molecule has 188 valence electrons. The number of fused-ring (bicyclic) bond motifs is 1. The highest BCUT2D eigenvalue weighted by Crippen LogP contribution is 2.52. The van der Waals surface area contributed by atoms with E-state index in [-0.39, 0.29) is 28.0 Å². The van der Waals surface area contributed by atoms with Crippen LogP contribution in [0.4, 0.5) is 5.82 Å². The van der Waals surface area contributed by atoms with Crippen molar-refractivity contribution in [3.05, 3.63) is 22.7 Å². The topological polar surface area (TPSA) is 97.8 Å². The first-order chi connectivity index (χ1) is 15.2. The van der Waals surface area contributed by atoms with Gasteiger partial charge >= 0.3 is 22.8 Å². The molecule has 1 aromatic heterocycles. The molecule has 2 N–H and O–H groups in total. The van der Waals surface area contributed by atoms with Gasteiger partial charge in [-0.2, -0.15) is 4.98 Å². The molecule has 0 spiro atoms. The SMILES string of the molecule is CC(C)[Si]1(C(C)C)OC[C@H]2OC(n3ccc(N)nc3=O)[C@](C)(Cl)[C@@H]2O[Si](C(C)C)(C(C)C)O1. The maximum absolute atomic E-state index is 12.6. The van der Waals surface area contributed by atoms with Crippen molar-refractivity contribution in [2.45, 2.75) is 108 Å². The Hall–Kier alpha value is -0.756. The number of ether oxygens (including phenoxy) is 1. The van der Waals surface area contributed by atoms with Gasteiger partial charge in [0, 0.05) is 6.20 Å². The van der Waals surface area contributed by atoms with E-state index in [1.54, 1.807) is 12.3 Å². The van der Waals surface area contributed by atoms with Gasteiger partial charge in [0.15, 0.2) is 6.23 Å². The van der Waals surface area contributed by atoms with E-state index in [0.717, 1.165) is 0 Å². The molecule has 3 rings (SSSR count). The molecule has 0 amide bonds. The van der Waals surface area contributed by atoms with E-state index in [0.29, 0.717) is 6.61 Å². The van der Waals surface area contributed by atoms with Crippen molar-refractivity contribution >= 4 is 34.5 Å². The minimum atomic E-state index is -2.86. The summed E-state index contributed by atoms with van der Waals surface area (Å²) in [5, 5.41) is 0. The summed E-state index contributed by atoms with van der Waals surface area (Å²) < 4.78 is 28.8. The van der Waals surface area contributed by atoms with Crippen LogP contribution in [0.3, 0.4) is 0 Å². The number of aromatic nitrogens is 2. The zero-order valence-corrected chi connectivity index (χ0v) is 24.1. The molecule has 2 aliphatic heterocycles. The van der Waals surface area contributed by atoms with Crippen LogP contribution in [0.5, 0.6) is 0 Å². The van der Waals surface area contributed by atoms with Crippen LogP contribution in [0, 0.1) is 0 Å². The number of rotatable bonds is 5. The number of anilines is 1. The molecule has 2 aliphatic rings. The molecule has 1 aromatic rings. The zero-order valence-electron chi connectivity index (χ0n) is 21.3. The van der Waals surface area contributed by atoms with Gasteiger partial charge in [-0.25, -0.2) is 4.79 Å². The van der Waals surface area contributed by atoms with E-state index in [4.69, 9.17) is 35.0 Å². The lowest BCUT2D eigenvalue weighted by atomic mass is 10.0. The monoisotopic (exact) mass is 517 g/mol. The molecule has 11 heteroatoms. The zero-order chi connectivity index (χ0) is 24.9. The largest absolute Gasteiger partial charge is 0.414 e. The van der Waals surface area contributed by atoms with Crippen LogP contribution in [0.15, 0.2) is 17.1 Å². The highest BCUT2D eigenvalue weighted by atomic mass is 35.5. The Kier molecular flexibility index (Phi) is 7.62. The molecule has 0 aromatic carbocycles. The summed E-state index contributed by atoms with van der Waals surface area (Å²) in [4.78, 5) is 15.4. The summed E-state index contributed by atoms with van der Waals surface area (Å²) in [7, 11) is -5.55. The Morgan fingerprint density at radius 2 is 1.64 bits per heavy atom. The Balaban J connectivity index is 2.13. The molecule has 4 atom stereocenters. The van der Waals surface area contributed by atoms with Crippen molar-refractivity contribution in [2.75, 3.05) is 12.3 Å². The average molecular weight is 518 g/mol. The molecule has 33 heavy (non-hydrogen) atoms. The maximum atomic E-state index is 12.6. The summed E-state index contributed by atoms with van der Waals surface area (Å²) in [5.41, 5.74) is 5.96. The van der Waals surface area contributed by atoms with Gasteiger partial charge in [0.25, 0.3) is 0 Å². The van der Waals surface area contributed by atoms with Crippen molar-refractivity contribution in [2.24, 2.45) is 0 Å². The summed E-state index contributed by atoms with van der Waals surface area (Å²) in [6, 6.07) is 1.56. The van der Waals surface area contributed by atoms with Crippen LogP contribution in [0.1, 0.15) is 68.5 Å². The third-order valence-electron chi connectivity index (χ3n) is 7.11. The van der Waals surface area contributed by atoms with E-state index >= 15 is 0 Å². The van der Waals surface area contributed by atoms with Crippen molar-refractivity contribution in [1.29, 1.82) is 0 Å². The minimum absolute atomic E-state index is 0.153. The second kappa shape index (κ2) is 9.36. The number of alkyl halides is 1. The van der Waals surface area contributed by atoms with Gasteiger partial charge in [-0.15, -0.1) is 11.6 Å². The van der Waals surface area contributed by atoms with Gasteiger partial charge in [0.1, 0.15) is 16.8 Å². The molecule has 2 fully saturated rings. The van der Waals surface area contributed by atoms with Gasteiger partial charge < -0.3 is 23.4 Å². The van der Waals surface area contributed by atoms with Crippen molar-refractivity contribution < 1.29 is 17.7 Å². The van der Waals surface area contributed by atoms with Gasteiger partial charge in [-0.1, -0.05) is 55.4 Å². The number of nitrogens with zero attached hydrogens (tertiary/aromatic N) is 2. The second-order valence-electron chi connectivity index (χ2n) is 10.7. The van der Waals surface area contributed by atoms with Gasteiger partial charge in [0.2, 0.25) is 0 Å². The van der Waals surface area contributed by atoms with E-state index in [2.05, 4.69) is 60.4 Å². The summed E-state index contributed by atoms with van der Waals surface area (Å²) in [6.07, 6.45) is -0.170. The van der Waals surface area contributed by atoms with Gasteiger partial charge in [-0.3, -0.25) is 4.57 Å². The second-order valence-corrected chi connectivity index (χ2v) is 20.4. The third kappa shape index (κ3) is 4.48. The molecule has 1 unspecified atom stereocenters. The Morgan fingerprint density at radius 1 is 1.09 bits per heavy atom. The molecule has 3 heterocycles. The van der Waals surface area contributed by atoms with E-state index in [1.807, 2.05) is 6.92 Å². The molecular formula is C22H40ClN3O5Si2. The summed E-state index contributed by atoms with van der Waals surface area (Å²) in [6.45, 7) is 19.5. The Bertz CT molecular complexity index is 892. The molecular weight excluding hydrogens is 478 g/mol. The molecule has 2 saturated heterocycles. The van der Waals surface area contributed by atoms with Crippen LogP contribution < -0.4 is 11.4 Å². The molecule has 0 saturated carbocycles. The van der Waals surface area contributed by atoms with Crippen molar-refractivity contribution in [3.8, 4) is 0 Å². The van der Waals surface area contributed by atoms with E-state index in [1.165, 1.54) is 4.57 Å². The summed E-state index contributed by atoms with van der Waals surface area (Å²) in [5.74, 6) is 0.153. The van der Waals surface area contributed by atoms with Crippen LogP contribution in [0.2, 0.25) is 22.2 Å². The van der Waals surface area contributed by atoms with Crippen LogP contribution in [0.25, 0.3) is 0 Å². The van der Waals surface area contributed by atoms with E-state index < -0.39 is 46.1 Å². The normalized spacial score (nSPS) is 31.8. The van der Waals surface area contributed by atoms with Crippen molar-refractivity contribution in [1.82, 2.24) is 9.55 Å². The lowest BCUT2D eigenvalue weighted by molar-refractivity contribution is -0.0569. The fourth-order valence-electron chi connectivity index (χ4n) is 5.26. The van der Waals surface area contributed by atoms with E-state index in [9.17, 15) is 4.79 Å². The Morgan fingerprint density at radius 3 is 2.12 bits per heavy atom. The van der Waals surface area contributed by atoms with Crippen molar-refractivity contribution in [3.63, 3.8) is 0 Å². The van der Waals surface area contributed by atoms with Crippen LogP contribution in [-0.2, 0) is 17.7 Å². The minimum Gasteiger partial charge on any atom is -0.414 e. The van der Waals surface area contributed by atoms with Crippen LogP contribution in [-0.4, -0.2) is 50.4 Å². The van der Waals surface area contributed by atoms with Crippen LogP contribution >= 0.6 is 11.6 Å². The first-order valence-electron chi connectivity index (χ1n) is 11.9. The quantitative estimate of drug-likeness (QED) is 0.447. The molecule has 0 bridgehead atoms. The highest BCUT2D eigenvalue weighted by molar-refractivity contribution is 6.84. The first kappa shape index (κ1) is 26.8. The van der Waals surface area contributed by atoms with Gasteiger partial charge in [0.05, 0.1) is 12.7 Å². The molecule has 0 aliphatic carbocycles. The fraction of sp³-hybridized carbons (Fsp3) is 0.818. The van der Waals surface area contributed by atoms with Gasteiger partial charge in [-0.05, 0) is 35.2 Å². The first-order valence-corrected chi connectivity index (χ1v) is 16.2. The highest BCUT2D eigenvalue weighted by Gasteiger charge is 2.64. The number of hydrogen-bond acceptors (Lipinski definition) is 7. The lowest BCUT2D eigenvalue weighted by Gasteiger charge is -2.52. The summed E-state index contributed by atoms with van der Waals surface area (Å²) >= 11 is 7.17. The Labute approximate surface area is 204 Å².